The average molecular weight is 293 g/mol. The van der Waals surface area contributed by atoms with Gasteiger partial charge in [-0.15, -0.1) is 0 Å². The van der Waals surface area contributed by atoms with Gasteiger partial charge in [-0.2, -0.15) is 0 Å². The van der Waals surface area contributed by atoms with Crippen molar-refractivity contribution in [3.05, 3.63) is 52.8 Å². The van der Waals surface area contributed by atoms with Gasteiger partial charge in [0, 0.05) is 16.8 Å². The molecule has 0 radical (unpaired) electrons. The van der Waals surface area contributed by atoms with Gasteiger partial charge in [0.15, 0.2) is 5.13 Å². The Morgan fingerprint density at radius 3 is 2.95 bits per heavy atom. The van der Waals surface area contributed by atoms with Crippen molar-refractivity contribution in [3.8, 4) is 0 Å². The molecular formula is C14H10ClFN2S. The normalized spacial score (nSPS) is 10.9. The van der Waals surface area contributed by atoms with Gasteiger partial charge < -0.3 is 5.32 Å². The number of hydrogen-bond donors (Lipinski definition) is 1. The van der Waals surface area contributed by atoms with Crippen LogP contribution in [0.15, 0.2) is 36.4 Å². The number of hydrogen-bond acceptors (Lipinski definition) is 3. The minimum Gasteiger partial charge on any atom is -0.331 e. The number of rotatable bonds is 2. The third-order valence-corrected chi connectivity index (χ3v) is 4.22. The summed E-state index contributed by atoms with van der Waals surface area (Å²) in [5.74, 6) is -0.275. The number of anilines is 2. The smallest absolute Gasteiger partial charge is 0.188 e. The first-order valence-corrected chi connectivity index (χ1v) is 6.91. The van der Waals surface area contributed by atoms with Crippen molar-refractivity contribution < 1.29 is 4.39 Å². The van der Waals surface area contributed by atoms with E-state index in [0.29, 0.717) is 10.5 Å². The summed E-state index contributed by atoms with van der Waals surface area (Å²) in [5.41, 5.74) is 2.54. The number of fused-ring (bicyclic) bond motifs is 1. The number of thiazole rings is 1. The third kappa shape index (κ3) is 2.41. The van der Waals surface area contributed by atoms with Crippen molar-refractivity contribution in [1.82, 2.24) is 4.98 Å². The second-order valence-corrected chi connectivity index (χ2v) is 5.61. The highest BCUT2D eigenvalue weighted by molar-refractivity contribution is 7.22. The van der Waals surface area contributed by atoms with Gasteiger partial charge in [-0.25, -0.2) is 9.37 Å². The summed E-state index contributed by atoms with van der Waals surface area (Å²) in [6, 6.07) is 10.3. The Hall–Kier alpha value is -1.65. The lowest BCUT2D eigenvalue weighted by Gasteiger charge is -2.07. The van der Waals surface area contributed by atoms with Crippen molar-refractivity contribution in [2.45, 2.75) is 6.92 Å². The van der Waals surface area contributed by atoms with Crippen LogP contribution in [0.4, 0.5) is 15.2 Å². The highest BCUT2D eigenvalue weighted by Crippen LogP contribution is 2.31. The van der Waals surface area contributed by atoms with Crippen LogP contribution in [0.3, 0.4) is 0 Å². The minimum absolute atomic E-state index is 0.275. The summed E-state index contributed by atoms with van der Waals surface area (Å²) >= 11 is 7.56. The maximum atomic E-state index is 13.1. The monoisotopic (exact) mass is 292 g/mol. The Kier molecular flexibility index (Phi) is 3.12. The molecule has 0 aliphatic carbocycles. The molecule has 3 rings (SSSR count). The maximum Gasteiger partial charge on any atom is 0.188 e. The molecule has 1 heterocycles. The first-order valence-electron chi connectivity index (χ1n) is 5.72. The van der Waals surface area contributed by atoms with E-state index in [9.17, 15) is 4.39 Å². The Labute approximate surface area is 118 Å². The Morgan fingerprint density at radius 1 is 1.26 bits per heavy atom. The summed E-state index contributed by atoms with van der Waals surface area (Å²) in [6.45, 7) is 1.94. The van der Waals surface area contributed by atoms with Gasteiger partial charge in [0.1, 0.15) is 5.82 Å². The zero-order valence-electron chi connectivity index (χ0n) is 10.1. The lowest BCUT2D eigenvalue weighted by atomic mass is 10.2. The second kappa shape index (κ2) is 4.79. The van der Waals surface area contributed by atoms with Crippen LogP contribution in [0.25, 0.3) is 10.2 Å². The van der Waals surface area contributed by atoms with Crippen molar-refractivity contribution in [2.24, 2.45) is 0 Å². The topological polar surface area (TPSA) is 24.9 Å². The van der Waals surface area contributed by atoms with Crippen molar-refractivity contribution in [1.29, 1.82) is 0 Å². The zero-order chi connectivity index (χ0) is 13.4. The first-order chi connectivity index (χ1) is 9.13. The number of nitrogens with zero attached hydrogens (tertiary/aromatic N) is 1. The van der Waals surface area contributed by atoms with Gasteiger partial charge in [0.2, 0.25) is 0 Å². The van der Waals surface area contributed by atoms with E-state index in [1.807, 2.05) is 25.1 Å². The van der Waals surface area contributed by atoms with Crippen LogP contribution < -0.4 is 5.32 Å². The van der Waals surface area contributed by atoms with Crippen LogP contribution in [0.5, 0.6) is 0 Å². The molecule has 0 spiro atoms. The molecule has 2 nitrogen and oxygen atoms in total. The molecule has 0 amide bonds. The molecule has 0 bridgehead atoms. The molecule has 2 aromatic carbocycles. The Bertz CT molecular complexity index is 754. The van der Waals surface area contributed by atoms with Gasteiger partial charge in [-0.1, -0.05) is 29.0 Å². The molecule has 96 valence electrons. The summed E-state index contributed by atoms with van der Waals surface area (Å²) in [5, 5.41) is 4.66. The van der Waals surface area contributed by atoms with Crippen LogP contribution >= 0.6 is 22.9 Å². The number of halogens is 2. The van der Waals surface area contributed by atoms with Crippen molar-refractivity contribution in [3.63, 3.8) is 0 Å². The average Bonchev–Trinajstić information content (AvgIpc) is 2.76. The summed E-state index contributed by atoms with van der Waals surface area (Å²) in [6.07, 6.45) is 0. The first kappa shape index (κ1) is 12.4. The molecule has 0 atom stereocenters. The lowest BCUT2D eigenvalue weighted by molar-refractivity contribution is 0.629. The van der Waals surface area contributed by atoms with E-state index in [0.717, 1.165) is 21.1 Å². The molecule has 0 aliphatic heterocycles. The standard InChI is InChI=1S/C14H10ClFN2S/c1-8-10(15)3-2-4-11(8)17-14-18-12-7-9(16)5-6-13(12)19-14/h2-7H,1H3,(H,17,18). The van der Waals surface area contributed by atoms with E-state index < -0.39 is 0 Å². The molecule has 0 saturated heterocycles. The maximum absolute atomic E-state index is 13.1. The van der Waals surface area contributed by atoms with E-state index in [1.165, 1.54) is 23.5 Å². The van der Waals surface area contributed by atoms with Crippen LogP contribution in [0.2, 0.25) is 5.02 Å². The Balaban J connectivity index is 1.99. The quantitative estimate of drug-likeness (QED) is 0.707. The van der Waals surface area contributed by atoms with Gasteiger partial charge in [0.05, 0.1) is 10.2 Å². The van der Waals surface area contributed by atoms with Crippen LogP contribution in [0.1, 0.15) is 5.56 Å². The fourth-order valence-corrected chi connectivity index (χ4v) is 2.85. The predicted octanol–water partition coefficient (Wildman–Crippen LogP) is 5.14. The van der Waals surface area contributed by atoms with Crippen LogP contribution in [0, 0.1) is 12.7 Å². The second-order valence-electron chi connectivity index (χ2n) is 4.17. The minimum atomic E-state index is -0.275. The molecule has 1 N–H and O–H groups in total. The molecule has 5 heteroatoms. The summed E-state index contributed by atoms with van der Waals surface area (Å²) in [7, 11) is 0. The van der Waals surface area contributed by atoms with Gasteiger partial charge in [0.25, 0.3) is 0 Å². The molecule has 0 aliphatic rings. The lowest BCUT2D eigenvalue weighted by Crippen LogP contribution is -1.92. The van der Waals surface area contributed by atoms with E-state index in [-0.39, 0.29) is 5.82 Å². The third-order valence-electron chi connectivity index (χ3n) is 2.86. The van der Waals surface area contributed by atoms with Gasteiger partial charge in [-0.3, -0.25) is 0 Å². The summed E-state index contributed by atoms with van der Waals surface area (Å²) in [4.78, 5) is 4.36. The fourth-order valence-electron chi connectivity index (χ4n) is 1.81. The molecule has 0 fully saturated rings. The Morgan fingerprint density at radius 2 is 2.11 bits per heavy atom. The highest BCUT2D eigenvalue weighted by atomic mass is 35.5. The van der Waals surface area contributed by atoms with E-state index in [4.69, 9.17) is 11.6 Å². The van der Waals surface area contributed by atoms with E-state index in [1.54, 1.807) is 6.07 Å². The summed E-state index contributed by atoms with van der Waals surface area (Å²) < 4.78 is 14.1. The van der Waals surface area contributed by atoms with Crippen molar-refractivity contribution in [2.75, 3.05) is 5.32 Å². The molecule has 3 aromatic rings. The van der Waals surface area contributed by atoms with Gasteiger partial charge in [-0.05, 0) is 36.8 Å². The largest absolute Gasteiger partial charge is 0.331 e. The number of benzene rings is 2. The molecule has 0 unspecified atom stereocenters. The molecule has 0 saturated carbocycles. The fraction of sp³-hybridized carbons (Fsp3) is 0.0714. The van der Waals surface area contributed by atoms with Crippen LogP contribution in [-0.2, 0) is 0 Å². The molecule has 1 aromatic heterocycles. The number of aromatic nitrogens is 1. The highest BCUT2D eigenvalue weighted by Gasteiger charge is 2.07. The van der Waals surface area contributed by atoms with E-state index >= 15 is 0 Å². The van der Waals surface area contributed by atoms with Crippen LogP contribution in [-0.4, -0.2) is 4.98 Å². The SMILES string of the molecule is Cc1c(Cl)cccc1Nc1nc2cc(F)ccc2s1. The number of nitrogens with one attached hydrogen (secondary N) is 1. The van der Waals surface area contributed by atoms with E-state index in [2.05, 4.69) is 10.3 Å². The van der Waals surface area contributed by atoms with Crippen molar-refractivity contribution >= 4 is 44.0 Å². The predicted molar refractivity (Wildman–Crippen MR) is 79.0 cm³/mol. The van der Waals surface area contributed by atoms with Gasteiger partial charge >= 0.3 is 0 Å². The zero-order valence-corrected chi connectivity index (χ0v) is 11.6. The molecular weight excluding hydrogens is 283 g/mol. The molecule has 19 heavy (non-hydrogen) atoms.